The van der Waals surface area contributed by atoms with Crippen LogP contribution in [0.25, 0.3) is 6.08 Å². The van der Waals surface area contributed by atoms with E-state index in [1.807, 2.05) is 0 Å². The Bertz CT molecular complexity index is 295. The monoisotopic (exact) mass is 188 g/mol. The van der Waals surface area contributed by atoms with E-state index in [-0.39, 0.29) is 0 Å². The Morgan fingerprint density at radius 2 is 2.07 bits per heavy atom. The third kappa shape index (κ3) is 3.78. The molecule has 76 valence electrons. The normalized spacial score (nSPS) is 11.4. The maximum Gasteiger partial charge on any atom is -0.0257 e. The zero-order valence-electron chi connectivity index (χ0n) is 9.46. The third-order valence-corrected chi connectivity index (χ3v) is 2.32. The largest absolute Gasteiger partial charge is 0.0871 e. The topological polar surface area (TPSA) is 0 Å². The number of hydrogen-bond donors (Lipinski definition) is 0. The summed E-state index contributed by atoms with van der Waals surface area (Å²) >= 11 is 0. The minimum absolute atomic E-state index is 0.792. The number of rotatable bonds is 4. The second kappa shape index (κ2) is 5.64. The van der Waals surface area contributed by atoms with Crippen LogP contribution < -0.4 is 0 Å². The van der Waals surface area contributed by atoms with Gasteiger partial charge >= 0.3 is 0 Å². The van der Waals surface area contributed by atoms with Crippen molar-refractivity contribution in [3.8, 4) is 0 Å². The van der Waals surface area contributed by atoms with Gasteiger partial charge in [0.05, 0.1) is 0 Å². The molecule has 14 heavy (non-hydrogen) atoms. The Labute approximate surface area is 87.7 Å². The van der Waals surface area contributed by atoms with Crippen LogP contribution >= 0.6 is 0 Å². The highest BCUT2D eigenvalue weighted by Crippen LogP contribution is 2.12. The molecule has 1 rings (SSSR count). The molecule has 0 unspecified atom stereocenters. The minimum atomic E-state index is 0.792. The second-order valence-corrected chi connectivity index (χ2v) is 4.18. The van der Waals surface area contributed by atoms with E-state index >= 15 is 0 Å². The zero-order valence-corrected chi connectivity index (χ0v) is 9.46. The number of aryl methyl sites for hydroxylation is 1. The van der Waals surface area contributed by atoms with Crippen LogP contribution in [0.5, 0.6) is 0 Å². The van der Waals surface area contributed by atoms with Gasteiger partial charge in [0.25, 0.3) is 0 Å². The molecule has 0 saturated carbocycles. The van der Waals surface area contributed by atoms with Crippen molar-refractivity contribution in [3.05, 3.63) is 41.5 Å². The number of benzene rings is 1. The van der Waals surface area contributed by atoms with Gasteiger partial charge in [-0.2, -0.15) is 0 Å². The summed E-state index contributed by atoms with van der Waals surface area (Å²) in [5.74, 6) is 0.792. The lowest BCUT2D eigenvalue weighted by Crippen LogP contribution is -1.92. The van der Waals surface area contributed by atoms with Crippen LogP contribution in [0.1, 0.15) is 38.3 Å². The molecular weight excluding hydrogens is 168 g/mol. The first-order valence-electron chi connectivity index (χ1n) is 5.44. The van der Waals surface area contributed by atoms with Gasteiger partial charge in [0.1, 0.15) is 0 Å². The average Bonchev–Trinajstić information content (AvgIpc) is 2.16. The third-order valence-electron chi connectivity index (χ3n) is 2.32. The number of hydrogen-bond acceptors (Lipinski definition) is 0. The molecule has 0 heteroatoms. The van der Waals surface area contributed by atoms with Gasteiger partial charge in [0.2, 0.25) is 0 Å². The Balaban J connectivity index is 2.63. The maximum atomic E-state index is 2.28. The van der Waals surface area contributed by atoms with E-state index in [4.69, 9.17) is 0 Å². The number of allylic oxidation sites excluding steroid dienone is 1. The molecule has 0 atom stereocenters. The van der Waals surface area contributed by atoms with Crippen LogP contribution in [0.3, 0.4) is 0 Å². The van der Waals surface area contributed by atoms with Crippen LogP contribution in [0.2, 0.25) is 0 Å². The van der Waals surface area contributed by atoms with Crippen LogP contribution in [-0.2, 0) is 6.42 Å². The lowest BCUT2D eigenvalue weighted by Gasteiger charge is -2.05. The molecule has 0 amide bonds. The molecule has 0 fully saturated rings. The molecular formula is C14H20. The van der Waals surface area contributed by atoms with Crippen molar-refractivity contribution in [1.29, 1.82) is 0 Å². The zero-order chi connectivity index (χ0) is 10.4. The Kier molecular flexibility index (Phi) is 4.45. The lowest BCUT2D eigenvalue weighted by molar-refractivity contribution is 0.586. The maximum absolute atomic E-state index is 2.28. The van der Waals surface area contributed by atoms with Gasteiger partial charge in [-0.15, -0.1) is 0 Å². The smallest absolute Gasteiger partial charge is 0.0257 e. The summed E-state index contributed by atoms with van der Waals surface area (Å²) in [5.41, 5.74) is 2.77. The Hall–Kier alpha value is -1.04. The molecule has 0 aliphatic carbocycles. The van der Waals surface area contributed by atoms with E-state index < -0.39 is 0 Å². The fraction of sp³-hybridized carbons (Fsp3) is 0.429. The molecule has 1 aromatic rings. The fourth-order valence-corrected chi connectivity index (χ4v) is 1.50. The Morgan fingerprint density at radius 1 is 1.29 bits per heavy atom. The molecule has 1 aromatic carbocycles. The van der Waals surface area contributed by atoms with Gasteiger partial charge in [0.15, 0.2) is 0 Å². The lowest BCUT2D eigenvalue weighted by atomic mass is 10.0. The van der Waals surface area contributed by atoms with Crippen LogP contribution in [0, 0.1) is 5.92 Å². The fourth-order valence-electron chi connectivity index (χ4n) is 1.50. The highest BCUT2D eigenvalue weighted by Gasteiger charge is 1.97. The van der Waals surface area contributed by atoms with E-state index in [0.717, 1.165) is 5.92 Å². The summed E-state index contributed by atoms with van der Waals surface area (Å²) in [4.78, 5) is 0. The molecule has 0 N–H and O–H groups in total. The van der Waals surface area contributed by atoms with Crippen molar-refractivity contribution in [3.63, 3.8) is 0 Å². The average molecular weight is 188 g/mol. The summed E-state index contributed by atoms with van der Waals surface area (Å²) in [6.45, 7) is 6.60. The first-order chi connectivity index (χ1) is 6.72. The summed E-state index contributed by atoms with van der Waals surface area (Å²) < 4.78 is 0. The van der Waals surface area contributed by atoms with Crippen molar-refractivity contribution in [1.82, 2.24) is 0 Å². The highest BCUT2D eigenvalue weighted by atomic mass is 14.0. The standard InChI is InChI=1S/C14H20/c1-4-6-13-7-5-8-14(11-13)10-9-12(2)3/h4-8,11-12H,9-10H2,1-3H3/b6-4+. The van der Waals surface area contributed by atoms with Gasteiger partial charge in [-0.3, -0.25) is 0 Å². The van der Waals surface area contributed by atoms with E-state index in [0.29, 0.717) is 0 Å². The summed E-state index contributed by atoms with van der Waals surface area (Å²) in [5, 5.41) is 0. The highest BCUT2D eigenvalue weighted by molar-refractivity contribution is 5.49. The van der Waals surface area contributed by atoms with Crippen molar-refractivity contribution < 1.29 is 0 Å². The van der Waals surface area contributed by atoms with Crippen LogP contribution in [0.15, 0.2) is 30.3 Å². The van der Waals surface area contributed by atoms with E-state index in [1.165, 1.54) is 24.0 Å². The summed E-state index contributed by atoms with van der Waals surface area (Å²) in [6.07, 6.45) is 6.71. The second-order valence-electron chi connectivity index (χ2n) is 4.18. The SMILES string of the molecule is C/C=C/c1cccc(CCC(C)C)c1. The molecule has 0 aliphatic heterocycles. The van der Waals surface area contributed by atoms with Gasteiger partial charge in [-0.05, 0) is 36.8 Å². The van der Waals surface area contributed by atoms with E-state index in [2.05, 4.69) is 57.2 Å². The van der Waals surface area contributed by atoms with Gasteiger partial charge in [-0.1, -0.05) is 50.3 Å². The quantitative estimate of drug-likeness (QED) is 0.660. The van der Waals surface area contributed by atoms with Gasteiger partial charge in [0, 0.05) is 0 Å². The van der Waals surface area contributed by atoms with E-state index in [9.17, 15) is 0 Å². The molecule has 0 spiro atoms. The van der Waals surface area contributed by atoms with E-state index in [1.54, 1.807) is 0 Å². The molecule has 0 heterocycles. The first kappa shape index (κ1) is 11.0. The van der Waals surface area contributed by atoms with Crippen molar-refractivity contribution in [2.75, 3.05) is 0 Å². The molecule has 0 aromatic heterocycles. The predicted molar refractivity (Wildman–Crippen MR) is 64.3 cm³/mol. The Morgan fingerprint density at radius 3 is 2.71 bits per heavy atom. The predicted octanol–water partition coefficient (Wildman–Crippen LogP) is 4.31. The minimum Gasteiger partial charge on any atom is -0.0871 e. The summed E-state index contributed by atoms with van der Waals surface area (Å²) in [7, 11) is 0. The van der Waals surface area contributed by atoms with Gasteiger partial charge < -0.3 is 0 Å². The molecule has 0 radical (unpaired) electrons. The molecule has 0 saturated heterocycles. The van der Waals surface area contributed by atoms with Crippen molar-refractivity contribution in [2.45, 2.75) is 33.6 Å². The van der Waals surface area contributed by atoms with Crippen LogP contribution in [-0.4, -0.2) is 0 Å². The van der Waals surface area contributed by atoms with Crippen molar-refractivity contribution in [2.24, 2.45) is 5.92 Å². The molecule has 0 nitrogen and oxygen atoms in total. The van der Waals surface area contributed by atoms with Crippen molar-refractivity contribution >= 4 is 6.08 Å². The molecule has 0 bridgehead atoms. The first-order valence-corrected chi connectivity index (χ1v) is 5.44. The van der Waals surface area contributed by atoms with Gasteiger partial charge in [-0.25, -0.2) is 0 Å². The summed E-state index contributed by atoms with van der Waals surface area (Å²) in [6, 6.07) is 8.79. The van der Waals surface area contributed by atoms with Crippen LogP contribution in [0.4, 0.5) is 0 Å². The molecule has 0 aliphatic rings.